The fourth-order valence-corrected chi connectivity index (χ4v) is 3.09. The van der Waals surface area contributed by atoms with Crippen LogP contribution in [0.25, 0.3) is 0 Å². The second kappa shape index (κ2) is 8.59. The Morgan fingerprint density at radius 3 is 2.52 bits per heavy atom. The van der Waals surface area contributed by atoms with Crippen LogP contribution in [0.3, 0.4) is 0 Å². The Kier molecular flexibility index (Phi) is 5.97. The van der Waals surface area contributed by atoms with E-state index >= 15 is 0 Å². The third-order valence-corrected chi connectivity index (χ3v) is 4.87. The van der Waals surface area contributed by atoms with Gasteiger partial charge in [-0.2, -0.15) is 0 Å². The molecule has 1 heterocycles. The number of nitrogens with one attached hydrogen (secondary N) is 1. The van der Waals surface area contributed by atoms with Crippen molar-refractivity contribution < 1.29 is 9.53 Å². The minimum atomic E-state index is -0.122. The van der Waals surface area contributed by atoms with Crippen LogP contribution >= 0.6 is 11.8 Å². The Bertz CT molecular complexity index is 907. The molecule has 1 aromatic heterocycles. The van der Waals surface area contributed by atoms with Crippen molar-refractivity contribution in [1.29, 1.82) is 0 Å². The number of amides is 1. The first-order valence-electron chi connectivity index (χ1n) is 8.37. The van der Waals surface area contributed by atoms with Crippen molar-refractivity contribution in [2.75, 3.05) is 24.0 Å². The van der Waals surface area contributed by atoms with E-state index in [4.69, 9.17) is 10.6 Å². The number of carbonyl (C=O) groups excluding carboxylic acids is 1. The fraction of sp³-hybridized carbons (Fsp3) is 0.211. The molecule has 0 spiro atoms. The lowest BCUT2D eigenvalue weighted by molar-refractivity contribution is -0.113. The minimum absolute atomic E-state index is 0.122. The number of nitrogens with zero attached hydrogens (tertiary/aromatic N) is 3. The maximum atomic E-state index is 12.1. The van der Waals surface area contributed by atoms with Crippen molar-refractivity contribution in [3.8, 4) is 5.75 Å². The summed E-state index contributed by atoms with van der Waals surface area (Å²) in [5, 5.41) is 11.6. The van der Waals surface area contributed by atoms with Gasteiger partial charge in [0, 0.05) is 12.1 Å². The molecule has 0 atom stereocenters. The number of methoxy groups -OCH3 is 1. The second-order valence-electron chi connectivity index (χ2n) is 6.00. The molecule has 8 heteroatoms. The number of anilines is 1. The summed E-state index contributed by atoms with van der Waals surface area (Å²) in [6, 6.07) is 15.3. The molecule has 2 aromatic carbocycles. The normalized spacial score (nSPS) is 10.6. The highest BCUT2D eigenvalue weighted by atomic mass is 32.2. The highest BCUT2D eigenvalue weighted by molar-refractivity contribution is 7.99. The van der Waals surface area contributed by atoms with E-state index in [1.807, 2.05) is 55.5 Å². The van der Waals surface area contributed by atoms with Gasteiger partial charge in [-0.3, -0.25) is 4.79 Å². The van der Waals surface area contributed by atoms with E-state index in [0.29, 0.717) is 17.4 Å². The Morgan fingerprint density at radius 2 is 1.85 bits per heavy atom. The van der Waals surface area contributed by atoms with E-state index in [9.17, 15) is 4.79 Å². The minimum Gasteiger partial charge on any atom is -0.497 e. The number of thioether (sulfide) groups is 1. The summed E-state index contributed by atoms with van der Waals surface area (Å²) in [5.74, 6) is 7.58. The van der Waals surface area contributed by atoms with Crippen LogP contribution in [0.4, 0.5) is 5.69 Å². The van der Waals surface area contributed by atoms with Crippen LogP contribution in [-0.2, 0) is 11.2 Å². The maximum Gasteiger partial charge on any atom is 0.234 e. The lowest BCUT2D eigenvalue weighted by Crippen LogP contribution is -2.17. The predicted octanol–water partition coefficient (Wildman–Crippen LogP) is 2.63. The molecular formula is C19H21N5O2S. The monoisotopic (exact) mass is 383 g/mol. The Morgan fingerprint density at radius 1 is 1.15 bits per heavy atom. The summed E-state index contributed by atoms with van der Waals surface area (Å²) in [4.78, 5) is 12.1. The molecule has 27 heavy (non-hydrogen) atoms. The molecule has 0 radical (unpaired) electrons. The Balaban J connectivity index is 1.56. The highest BCUT2D eigenvalue weighted by Crippen LogP contribution is 2.18. The Labute approximate surface area is 161 Å². The molecule has 140 valence electrons. The van der Waals surface area contributed by atoms with Gasteiger partial charge in [-0.05, 0) is 36.8 Å². The summed E-state index contributed by atoms with van der Waals surface area (Å²) in [7, 11) is 1.63. The van der Waals surface area contributed by atoms with Crippen molar-refractivity contribution in [2.45, 2.75) is 18.5 Å². The van der Waals surface area contributed by atoms with E-state index in [1.54, 1.807) is 7.11 Å². The molecule has 0 aliphatic rings. The molecule has 3 N–H and O–H groups in total. The van der Waals surface area contributed by atoms with Gasteiger partial charge < -0.3 is 15.9 Å². The van der Waals surface area contributed by atoms with E-state index < -0.39 is 0 Å². The van der Waals surface area contributed by atoms with Crippen molar-refractivity contribution in [1.82, 2.24) is 14.9 Å². The van der Waals surface area contributed by atoms with Gasteiger partial charge in [0.15, 0.2) is 5.82 Å². The van der Waals surface area contributed by atoms with Crippen LogP contribution in [0.2, 0.25) is 0 Å². The van der Waals surface area contributed by atoms with E-state index in [-0.39, 0.29) is 11.7 Å². The molecule has 0 unspecified atom stereocenters. The summed E-state index contributed by atoms with van der Waals surface area (Å²) in [6.45, 7) is 2.00. The SMILES string of the molecule is COc1ccc(Cc2nnc(SCC(=O)Nc3ccc(C)cc3)n2N)cc1. The number of hydrogen-bond acceptors (Lipinski definition) is 6. The van der Waals surface area contributed by atoms with Crippen molar-refractivity contribution in [3.05, 3.63) is 65.5 Å². The standard InChI is InChI=1S/C19H21N5O2S/c1-13-3-7-15(8-4-13)21-18(25)12-27-19-23-22-17(24(19)20)11-14-5-9-16(26-2)10-6-14/h3-10H,11-12,20H2,1-2H3,(H,21,25). The lowest BCUT2D eigenvalue weighted by Gasteiger charge is -2.06. The van der Waals surface area contributed by atoms with Gasteiger partial charge in [0.2, 0.25) is 11.1 Å². The number of hydrogen-bond donors (Lipinski definition) is 2. The molecular weight excluding hydrogens is 362 g/mol. The van der Waals surface area contributed by atoms with Crippen molar-refractivity contribution in [2.24, 2.45) is 0 Å². The van der Waals surface area contributed by atoms with Crippen molar-refractivity contribution >= 4 is 23.4 Å². The van der Waals surface area contributed by atoms with Crippen LogP contribution in [0, 0.1) is 6.92 Å². The second-order valence-corrected chi connectivity index (χ2v) is 6.94. The zero-order valence-corrected chi connectivity index (χ0v) is 16.0. The van der Waals surface area contributed by atoms with E-state index in [2.05, 4.69) is 15.5 Å². The predicted molar refractivity (Wildman–Crippen MR) is 107 cm³/mol. The quantitative estimate of drug-likeness (QED) is 0.481. The van der Waals surface area contributed by atoms with Crippen molar-refractivity contribution in [3.63, 3.8) is 0 Å². The highest BCUT2D eigenvalue weighted by Gasteiger charge is 2.13. The first-order chi connectivity index (χ1) is 13.0. The first kappa shape index (κ1) is 18.8. The number of aryl methyl sites for hydroxylation is 1. The van der Waals surface area contributed by atoms with Crippen LogP contribution in [0.1, 0.15) is 17.0 Å². The van der Waals surface area contributed by atoms with Crippen LogP contribution in [-0.4, -0.2) is 33.6 Å². The molecule has 0 saturated heterocycles. The van der Waals surface area contributed by atoms with Gasteiger partial charge in [-0.15, -0.1) is 10.2 Å². The Hall–Kier alpha value is -3.00. The molecule has 0 fully saturated rings. The average Bonchev–Trinajstić information content (AvgIpc) is 3.02. The maximum absolute atomic E-state index is 12.1. The summed E-state index contributed by atoms with van der Waals surface area (Å²) >= 11 is 1.25. The largest absolute Gasteiger partial charge is 0.497 e. The molecule has 1 amide bonds. The van der Waals surface area contributed by atoms with Gasteiger partial charge in [0.1, 0.15) is 5.75 Å². The van der Waals surface area contributed by atoms with Gasteiger partial charge in [0.25, 0.3) is 0 Å². The molecule has 3 rings (SSSR count). The number of ether oxygens (including phenoxy) is 1. The van der Waals surface area contributed by atoms with Crippen LogP contribution in [0.15, 0.2) is 53.7 Å². The summed E-state index contributed by atoms with van der Waals surface area (Å²) < 4.78 is 6.58. The third kappa shape index (κ3) is 5.01. The number of nitrogen functional groups attached to an aromatic ring is 1. The molecule has 0 aliphatic carbocycles. The van der Waals surface area contributed by atoms with Gasteiger partial charge in [-0.25, -0.2) is 4.68 Å². The lowest BCUT2D eigenvalue weighted by atomic mass is 10.1. The number of benzene rings is 2. The van der Waals surface area contributed by atoms with Gasteiger partial charge in [0.05, 0.1) is 12.9 Å². The number of carbonyl (C=O) groups is 1. The first-order valence-corrected chi connectivity index (χ1v) is 9.35. The topological polar surface area (TPSA) is 95.1 Å². The summed E-state index contributed by atoms with van der Waals surface area (Å²) in [5.41, 5.74) is 2.95. The molecule has 0 saturated carbocycles. The zero-order valence-electron chi connectivity index (χ0n) is 15.2. The molecule has 7 nitrogen and oxygen atoms in total. The van der Waals surface area contributed by atoms with E-state index in [0.717, 1.165) is 22.6 Å². The van der Waals surface area contributed by atoms with Crippen LogP contribution < -0.4 is 15.9 Å². The molecule has 0 aliphatic heterocycles. The van der Waals surface area contributed by atoms with Crippen LogP contribution in [0.5, 0.6) is 5.75 Å². The molecule has 0 bridgehead atoms. The third-order valence-electron chi connectivity index (χ3n) is 3.92. The van der Waals surface area contributed by atoms with Gasteiger partial charge in [-0.1, -0.05) is 41.6 Å². The number of nitrogens with two attached hydrogens (primary N) is 1. The average molecular weight is 383 g/mol. The number of rotatable bonds is 7. The summed E-state index contributed by atoms with van der Waals surface area (Å²) in [6.07, 6.45) is 0.545. The number of aromatic nitrogens is 3. The molecule has 3 aromatic rings. The fourth-order valence-electron chi connectivity index (χ4n) is 2.42. The van der Waals surface area contributed by atoms with E-state index in [1.165, 1.54) is 16.4 Å². The van der Waals surface area contributed by atoms with Gasteiger partial charge >= 0.3 is 0 Å². The zero-order chi connectivity index (χ0) is 19.2. The smallest absolute Gasteiger partial charge is 0.234 e.